The molecule has 0 amide bonds. The Kier molecular flexibility index (Phi) is 4.03. The van der Waals surface area contributed by atoms with Crippen LogP contribution in [0.2, 0.25) is 0 Å². The van der Waals surface area contributed by atoms with Crippen LogP contribution < -0.4 is 5.73 Å². The van der Waals surface area contributed by atoms with Gasteiger partial charge < -0.3 is 5.73 Å². The molecule has 2 saturated heterocycles. The Balaban J connectivity index is 1.54. The molecule has 2 heterocycles. The molecule has 1 aromatic rings. The van der Waals surface area contributed by atoms with E-state index in [9.17, 15) is 0 Å². The van der Waals surface area contributed by atoms with E-state index in [2.05, 4.69) is 21.9 Å². The maximum Gasteiger partial charge on any atom is 0.122 e. The summed E-state index contributed by atoms with van der Waals surface area (Å²) in [5, 5.41) is 7.41. The summed E-state index contributed by atoms with van der Waals surface area (Å²) in [6, 6.07) is 8.87. The predicted octanol–water partition coefficient (Wildman–Crippen LogP) is 1.64. The lowest BCUT2D eigenvalue weighted by atomic mass is 10.1. The largest absolute Gasteiger partial charge is 0.384 e. The maximum atomic E-state index is 7.41. The van der Waals surface area contributed by atoms with Gasteiger partial charge in [-0.1, -0.05) is 24.3 Å². The Morgan fingerprint density at radius 1 is 1.15 bits per heavy atom. The van der Waals surface area contributed by atoms with Crippen LogP contribution in [-0.2, 0) is 6.54 Å². The number of amidine groups is 1. The van der Waals surface area contributed by atoms with Gasteiger partial charge in [0.25, 0.3) is 0 Å². The molecule has 0 saturated carbocycles. The zero-order valence-electron chi connectivity index (χ0n) is 12.0. The first-order valence-electron chi connectivity index (χ1n) is 7.62. The van der Waals surface area contributed by atoms with E-state index in [1.807, 2.05) is 12.1 Å². The van der Waals surface area contributed by atoms with E-state index < -0.39 is 0 Å². The lowest BCUT2D eigenvalue weighted by molar-refractivity contribution is 0.230. The van der Waals surface area contributed by atoms with E-state index in [1.165, 1.54) is 51.0 Å². The number of hydrogen-bond acceptors (Lipinski definition) is 3. The molecule has 4 heteroatoms. The fraction of sp³-hybridized carbons (Fsp3) is 0.562. The van der Waals surface area contributed by atoms with Crippen molar-refractivity contribution in [1.29, 1.82) is 5.41 Å². The monoisotopic (exact) mass is 272 g/mol. The highest BCUT2D eigenvalue weighted by molar-refractivity contribution is 5.94. The molecule has 1 atom stereocenters. The SMILES string of the molecule is N=C(N)c1ccc(CN2CCC(N3CCCC3)C2)cc1. The number of benzene rings is 1. The van der Waals surface area contributed by atoms with Crippen molar-refractivity contribution in [3.63, 3.8) is 0 Å². The zero-order valence-corrected chi connectivity index (χ0v) is 12.0. The first-order chi connectivity index (χ1) is 9.72. The average Bonchev–Trinajstić information content (AvgIpc) is 3.09. The minimum absolute atomic E-state index is 0.145. The van der Waals surface area contributed by atoms with Gasteiger partial charge in [-0.25, -0.2) is 0 Å². The van der Waals surface area contributed by atoms with Crippen LogP contribution in [0.25, 0.3) is 0 Å². The van der Waals surface area contributed by atoms with E-state index in [-0.39, 0.29) is 5.84 Å². The molecule has 4 nitrogen and oxygen atoms in total. The molecule has 2 aliphatic heterocycles. The molecule has 0 spiro atoms. The van der Waals surface area contributed by atoms with Gasteiger partial charge in [-0.15, -0.1) is 0 Å². The molecule has 20 heavy (non-hydrogen) atoms. The number of hydrogen-bond donors (Lipinski definition) is 2. The maximum absolute atomic E-state index is 7.41. The third-order valence-electron chi connectivity index (χ3n) is 4.58. The second-order valence-electron chi connectivity index (χ2n) is 6.03. The lowest BCUT2D eigenvalue weighted by Gasteiger charge is -2.23. The second kappa shape index (κ2) is 5.94. The first kappa shape index (κ1) is 13.6. The number of rotatable bonds is 4. The molecule has 0 radical (unpaired) electrons. The van der Waals surface area contributed by atoms with Gasteiger partial charge >= 0.3 is 0 Å². The third-order valence-corrected chi connectivity index (χ3v) is 4.58. The van der Waals surface area contributed by atoms with Crippen LogP contribution in [0.15, 0.2) is 24.3 Å². The number of nitrogens with zero attached hydrogens (tertiary/aromatic N) is 2. The number of nitrogen functional groups attached to an aromatic ring is 1. The van der Waals surface area contributed by atoms with Crippen LogP contribution in [0.4, 0.5) is 0 Å². The quantitative estimate of drug-likeness (QED) is 0.647. The van der Waals surface area contributed by atoms with Crippen LogP contribution in [0.1, 0.15) is 30.4 Å². The van der Waals surface area contributed by atoms with Crippen molar-refractivity contribution in [3.8, 4) is 0 Å². The van der Waals surface area contributed by atoms with Crippen molar-refractivity contribution in [3.05, 3.63) is 35.4 Å². The van der Waals surface area contributed by atoms with Crippen LogP contribution >= 0.6 is 0 Å². The van der Waals surface area contributed by atoms with E-state index in [0.717, 1.165) is 18.2 Å². The number of nitrogens with one attached hydrogen (secondary N) is 1. The van der Waals surface area contributed by atoms with E-state index in [1.54, 1.807) is 0 Å². The Morgan fingerprint density at radius 2 is 1.85 bits per heavy atom. The van der Waals surface area contributed by atoms with E-state index >= 15 is 0 Å². The van der Waals surface area contributed by atoms with Crippen molar-refractivity contribution >= 4 is 5.84 Å². The highest BCUT2D eigenvalue weighted by atomic mass is 15.3. The van der Waals surface area contributed by atoms with Gasteiger partial charge in [0.15, 0.2) is 0 Å². The highest BCUT2D eigenvalue weighted by Gasteiger charge is 2.28. The standard InChI is InChI=1S/C16H24N4/c17-16(18)14-5-3-13(4-6-14)11-19-10-7-15(12-19)20-8-1-2-9-20/h3-6,15H,1-2,7-12H2,(H3,17,18). The zero-order chi connectivity index (χ0) is 13.9. The van der Waals surface area contributed by atoms with Crippen molar-refractivity contribution in [1.82, 2.24) is 9.80 Å². The Bertz CT molecular complexity index is 462. The Morgan fingerprint density at radius 3 is 2.50 bits per heavy atom. The number of nitrogens with two attached hydrogens (primary N) is 1. The van der Waals surface area contributed by atoms with Crippen molar-refractivity contribution in [2.45, 2.75) is 31.8 Å². The molecule has 2 aliphatic rings. The van der Waals surface area contributed by atoms with Crippen molar-refractivity contribution in [2.24, 2.45) is 5.73 Å². The molecule has 108 valence electrons. The average molecular weight is 272 g/mol. The van der Waals surface area contributed by atoms with Crippen LogP contribution in [0, 0.1) is 5.41 Å². The summed E-state index contributed by atoms with van der Waals surface area (Å²) in [5.41, 5.74) is 7.61. The molecule has 3 rings (SSSR count). The molecule has 1 unspecified atom stereocenters. The first-order valence-corrected chi connectivity index (χ1v) is 7.62. The summed E-state index contributed by atoms with van der Waals surface area (Å²) in [6.45, 7) is 6.02. The van der Waals surface area contributed by atoms with Gasteiger partial charge in [0.1, 0.15) is 5.84 Å². The molecule has 2 fully saturated rings. The van der Waals surface area contributed by atoms with Gasteiger partial charge in [-0.05, 0) is 37.9 Å². The molecule has 3 N–H and O–H groups in total. The third kappa shape index (κ3) is 3.02. The van der Waals surface area contributed by atoms with Gasteiger partial charge in [-0.2, -0.15) is 0 Å². The topological polar surface area (TPSA) is 56.4 Å². The van der Waals surface area contributed by atoms with Crippen LogP contribution in [0.5, 0.6) is 0 Å². The van der Waals surface area contributed by atoms with Crippen LogP contribution in [-0.4, -0.2) is 47.9 Å². The van der Waals surface area contributed by atoms with Gasteiger partial charge in [0.05, 0.1) is 0 Å². The second-order valence-corrected chi connectivity index (χ2v) is 6.03. The summed E-state index contributed by atoms with van der Waals surface area (Å²) in [5.74, 6) is 0.145. The smallest absolute Gasteiger partial charge is 0.122 e. The molecule has 0 aromatic heterocycles. The summed E-state index contributed by atoms with van der Waals surface area (Å²) < 4.78 is 0. The highest BCUT2D eigenvalue weighted by Crippen LogP contribution is 2.21. The molecule has 0 aliphatic carbocycles. The summed E-state index contributed by atoms with van der Waals surface area (Å²) >= 11 is 0. The minimum Gasteiger partial charge on any atom is -0.384 e. The van der Waals surface area contributed by atoms with E-state index in [0.29, 0.717) is 0 Å². The van der Waals surface area contributed by atoms with Gasteiger partial charge in [-0.3, -0.25) is 15.2 Å². The predicted molar refractivity (Wildman–Crippen MR) is 81.9 cm³/mol. The molecule has 0 bridgehead atoms. The fourth-order valence-corrected chi connectivity index (χ4v) is 3.41. The summed E-state index contributed by atoms with van der Waals surface area (Å²) in [6.07, 6.45) is 4.07. The van der Waals surface area contributed by atoms with Gasteiger partial charge in [0, 0.05) is 31.2 Å². The molecular formula is C16H24N4. The Hall–Kier alpha value is -1.39. The number of likely N-dealkylation sites (tertiary alicyclic amines) is 2. The van der Waals surface area contributed by atoms with Gasteiger partial charge in [0.2, 0.25) is 0 Å². The lowest BCUT2D eigenvalue weighted by Crippen LogP contribution is -2.35. The van der Waals surface area contributed by atoms with E-state index in [4.69, 9.17) is 11.1 Å². The van der Waals surface area contributed by atoms with Crippen molar-refractivity contribution in [2.75, 3.05) is 26.2 Å². The fourth-order valence-electron chi connectivity index (χ4n) is 3.41. The minimum atomic E-state index is 0.145. The summed E-state index contributed by atoms with van der Waals surface area (Å²) in [4.78, 5) is 5.21. The van der Waals surface area contributed by atoms with Crippen molar-refractivity contribution < 1.29 is 0 Å². The normalized spacial score (nSPS) is 24.3. The Labute approximate surface area is 121 Å². The summed E-state index contributed by atoms with van der Waals surface area (Å²) in [7, 11) is 0. The molecular weight excluding hydrogens is 248 g/mol. The molecule has 1 aromatic carbocycles. The van der Waals surface area contributed by atoms with Crippen LogP contribution in [0.3, 0.4) is 0 Å².